The Hall–Kier alpha value is -2.49. The molecule has 2 aromatic rings. The van der Waals surface area contributed by atoms with E-state index in [1.54, 1.807) is 7.11 Å². The van der Waals surface area contributed by atoms with Gasteiger partial charge < -0.3 is 14.4 Å². The van der Waals surface area contributed by atoms with Crippen LogP contribution in [0.2, 0.25) is 0 Å². The van der Waals surface area contributed by atoms with E-state index >= 15 is 0 Å². The largest absolute Gasteiger partial charge is 0.493 e. The van der Waals surface area contributed by atoms with Gasteiger partial charge in [0.15, 0.2) is 11.5 Å². The molecule has 1 amide bonds. The molecule has 0 saturated carbocycles. The molecule has 2 aromatic carbocycles. The van der Waals surface area contributed by atoms with Crippen LogP contribution in [-0.2, 0) is 12.8 Å². The number of benzene rings is 2. The third kappa shape index (κ3) is 3.95. The molecule has 27 heavy (non-hydrogen) atoms. The molecule has 4 rings (SSSR count). The van der Waals surface area contributed by atoms with Gasteiger partial charge in [-0.3, -0.25) is 4.79 Å². The molecule has 0 aromatic heterocycles. The number of para-hydroxylation sites is 1. The first-order valence-electron chi connectivity index (χ1n) is 9.91. The summed E-state index contributed by atoms with van der Waals surface area (Å²) in [5, 5.41) is 0. The minimum atomic E-state index is 0.170. The molecule has 0 N–H and O–H groups in total. The normalized spacial score (nSPS) is 19.1. The van der Waals surface area contributed by atoms with Gasteiger partial charge in [-0.2, -0.15) is 0 Å². The molecule has 0 bridgehead atoms. The predicted molar refractivity (Wildman–Crippen MR) is 106 cm³/mol. The number of likely N-dealkylation sites (tertiary alicyclic amines) is 1. The zero-order valence-electron chi connectivity index (χ0n) is 15.9. The highest BCUT2D eigenvalue weighted by molar-refractivity contribution is 5.94. The molecule has 2 aliphatic heterocycles. The summed E-state index contributed by atoms with van der Waals surface area (Å²) in [6.07, 6.45) is 5.42. The van der Waals surface area contributed by atoms with Crippen LogP contribution in [-0.4, -0.2) is 37.6 Å². The lowest BCUT2D eigenvalue weighted by Crippen LogP contribution is -2.35. The van der Waals surface area contributed by atoms with Crippen molar-refractivity contribution in [2.45, 2.75) is 32.1 Å². The van der Waals surface area contributed by atoms with E-state index in [0.717, 1.165) is 55.8 Å². The van der Waals surface area contributed by atoms with E-state index in [-0.39, 0.29) is 5.91 Å². The van der Waals surface area contributed by atoms with Crippen molar-refractivity contribution in [1.29, 1.82) is 0 Å². The topological polar surface area (TPSA) is 38.8 Å². The summed E-state index contributed by atoms with van der Waals surface area (Å²) in [5.41, 5.74) is 3.27. The van der Waals surface area contributed by atoms with Gasteiger partial charge >= 0.3 is 0 Å². The first-order valence-corrected chi connectivity index (χ1v) is 9.91. The first kappa shape index (κ1) is 17.9. The van der Waals surface area contributed by atoms with Crippen molar-refractivity contribution in [2.24, 2.45) is 5.92 Å². The molecule has 4 heteroatoms. The standard InChI is InChI=1S/C23H27NO3/c1-26-21-7-5-6-20-15-18(16-27-22(20)21)14-17-8-10-19(11-9-17)23(25)24-12-3-2-4-13-24/h5-11,18H,2-4,12-16H2,1H3. The second kappa shape index (κ2) is 8.03. The van der Waals surface area contributed by atoms with Crippen molar-refractivity contribution < 1.29 is 14.3 Å². The van der Waals surface area contributed by atoms with Crippen molar-refractivity contribution >= 4 is 5.91 Å². The summed E-state index contributed by atoms with van der Waals surface area (Å²) < 4.78 is 11.4. The number of hydrogen-bond acceptors (Lipinski definition) is 3. The van der Waals surface area contributed by atoms with Gasteiger partial charge in [0.25, 0.3) is 5.91 Å². The van der Waals surface area contributed by atoms with Crippen LogP contribution < -0.4 is 9.47 Å². The Kier molecular flexibility index (Phi) is 5.33. The zero-order chi connectivity index (χ0) is 18.6. The quantitative estimate of drug-likeness (QED) is 0.818. The van der Waals surface area contributed by atoms with Crippen molar-refractivity contribution in [2.75, 3.05) is 26.8 Å². The number of hydrogen-bond donors (Lipinski definition) is 0. The van der Waals surface area contributed by atoms with Crippen LogP contribution in [0.25, 0.3) is 0 Å². The van der Waals surface area contributed by atoms with Gasteiger partial charge in [-0.1, -0.05) is 24.3 Å². The molecule has 0 aliphatic carbocycles. The Morgan fingerprint density at radius 2 is 1.89 bits per heavy atom. The fourth-order valence-electron chi connectivity index (χ4n) is 4.15. The van der Waals surface area contributed by atoms with Gasteiger partial charge in [-0.25, -0.2) is 0 Å². The van der Waals surface area contributed by atoms with Crippen LogP contribution in [0.3, 0.4) is 0 Å². The van der Waals surface area contributed by atoms with E-state index in [4.69, 9.17) is 9.47 Å². The number of carbonyl (C=O) groups is 1. The molecular formula is C23H27NO3. The Bertz CT molecular complexity index is 794. The molecule has 1 saturated heterocycles. The van der Waals surface area contributed by atoms with Gasteiger partial charge in [0.1, 0.15) is 0 Å². The van der Waals surface area contributed by atoms with Gasteiger partial charge in [-0.15, -0.1) is 0 Å². The first-order chi connectivity index (χ1) is 13.2. The van der Waals surface area contributed by atoms with Crippen LogP contribution in [0.1, 0.15) is 40.7 Å². The lowest BCUT2D eigenvalue weighted by atomic mass is 9.90. The molecule has 1 fully saturated rings. The second-order valence-corrected chi connectivity index (χ2v) is 7.58. The minimum Gasteiger partial charge on any atom is -0.493 e. The van der Waals surface area contributed by atoms with Crippen LogP contribution in [0.15, 0.2) is 42.5 Å². The van der Waals surface area contributed by atoms with E-state index in [2.05, 4.69) is 18.2 Å². The molecule has 1 unspecified atom stereocenters. The lowest BCUT2D eigenvalue weighted by Gasteiger charge is -2.27. The Balaban J connectivity index is 1.39. The molecule has 142 valence electrons. The second-order valence-electron chi connectivity index (χ2n) is 7.58. The zero-order valence-corrected chi connectivity index (χ0v) is 15.9. The summed E-state index contributed by atoms with van der Waals surface area (Å²) in [7, 11) is 1.68. The molecule has 0 radical (unpaired) electrons. The average Bonchev–Trinajstić information content (AvgIpc) is 2.74. The van der Waals surface area contributed by atoms with E-state index < -0.39 is 0 Å². The smallest absolute Gasteiger partial charge is 0.253 e. The third-order valence-electron chi connectivity index (χ3n) is 5.62. The third-order valence-corrected chi connectivity index (χ3v) is 5.62. The number of ether oxygens (including phenoxy) is 2. The monoisotopic (exact) mass is 365 g/mol. The molecule has 1 atom stereocenters. The molecule has 4 nitrogen and oxygen atoms in total. The Morgan fingerprint density at radius 1 is 1.11 bits per heavy atom. The summed E-state index contributed by atoms with van der Waals surface area (Å²) in [6.45, 7) is 2.48. The highest BCUT2D eigenvalue weighted by atomic mass is 16.5. The van der Waals surface area contributed by atoms with Gasteiger partial charge in [0, 0.05) is 24.6 Å². The number of rotatable bonds is 4. The summed E-state index contributed by atoms with van der Waals surface area (Å²) in [5.74, 6) is 2.31. The molecule has 2 aliphatic rings. The number of amides is 1. The number of piperidine rings is 1. The predicted octanol–water partition coefficient (Wildman–Crippen LogP) is 4.12. The van der Waals surface area contributed by atoms with Gasteiger partial charge in [0.2, 0.25) is 0 Å². The summed E-state index contributed by atoms with van der Waals surface area (Å²) >= 11 is 0. The van der Waals surface area contributed by atoms with Gasteiger partial charge in [0.05, 0.1) is 13.7 Å². The maximum Gasteiger partial charge on any atom is 0.253 e. The van der Waals surface area contributed by atoms with Crippen molar-refractivity contribution in [3.05, 3.63) is 59.2 Å². The maximum absolute atomic E-state index is 12.6. The van der Waals surface area contributed by atoms with Crippen LogP contribution >= 0.6 is 0 Å². The van der Waals surface area contributed by atoms with Crippen molar-refractivity contribution in [3.8, 4) is 11.5 Å². The number of fused-ring (bicyclic) bond motifs is 1. The lowest BCUT2D eigenvalue weighted by molar-refractivity contribution is 0.0724. The average molecular weight is 365 g/mol. The maximum atomic E-state index is 12.6. The van der Waals surface area contributed by atoms with E-state index in [0.29, 0.717) is 12.5 Å². The fraction of sp³-hybridized carbons (Fsp3) is 0.435. The van der Waals surface area contributed by atoms with Crippen molar-refractivity contribution in [3.63, 3.8) is 0 Å². The van der Waals surface area contributed by atoms with Crippen LogP contribution in [0.4, 0.5) is 0 Å². The Labute approximate surface area is 161 Å². The minimum absolute atomic E-state index is 0.170. The van der Waals surface area contributed by atoms with Gasteiger partial charge in [-0.05, 0) is 61.4 Å². The summed E-state index contributed by atoms with van der Waals surface area (Å²) in [4.78, 5) is 14.6. The number of nitrogens with zero attached hydrogens (tertiary/aromatic N) is 1. The van der Waals surface area contributed by atoms with E-state index in [1.165, 1.54) is 17.5 Å². The number of methoxy groups -OCH3 is 1. The molecular weight excluding hydrogens is 338 g/mol. The Morgan fingerprint density at radius 3 is 2.63 bits per heavy atom. The highest BCUT2D eigenvalue weighted by Gasteiger charge is 2.23. The van der Waals surface area contributed by atoms with E-state index in [1.807, 2.05) is 29.2 Å². The molecule has 0 spiro atoms. The van der Waals surface area contributed by atoms with E-state index in [9.17, 15) is 4.79 Å². The fourth-order valence-corrected chi connectivity index (χ4v) is 4.15. The van der Waals surface area contributed by atoms with Crippen molar-refractivity contribution in [1.82, 2.24) is 4.90 Å². The van der Waals surface area contributed by atoms with Crippen LogP contribution in [0, 0.1) is 5.92 Å². The summed E-state index contributed by atoms with van der Waals surface area (Å²) in [6, 6.07) is 14.2. The highest BCUT2D eigenvalue weighted by Crippen LogP contribution is 2.36. The van der Waals surface area contributed by atoms with Crippen LogP contribution in [0.5, 0.6) is 11.5 Å². The molecule has 2 heterocycles. The SMILES string of the molecule is COc1cccc2c1OCC(Cc1ccc(C(=O)N3CCCCC3)cc1)C2. The number of carbonyl (C=O) groups excluding carboxylic acids is 1.